The van der Waals surface area contributed by atoms with Crippen molar-refractivity contribution in [2.45, 2.75) is 12.6 Å². The molecule has 6 heteroatoms. The van der Waals surface area contributed by atoms with E-state index >= 15 is 0 Å². The summed E-state index contributed by atoms with van der Waals surface area (Å²) >= 11 is 0. The van der Waals surface area contributed by atoms with E-state index in [4.69, 9.17) is 14.6 Å². The van der Waals surface area contributed by atoms with Crippen molar-refractivity contribution in [2.24, 2.45) is 0 Å². The standard InChI is InChI=1S/C22H18N4O2/c1-2-7-22-21(6-1)27-14-19(28-22)13-26-9-8-20(25-26)17-5-3-4-16(10-17)18-11-23-15-24-12-18/h1-12,15,19H,13-14H2/t19-/m1/s1. The molecule has 0 amide bonds. The van der Waals surface area contributed by atoms with Gasteiger partial charge in [-0.15, -0.1) is 0 Å². The number of nitrogens with zero attached hydrogens (tertiary/aromatic N) is 4. The first-order valence-corrected chi connectivity index (χ1v) is 9.13. The first-order valence-electron chi connectivity index (χ1n) is 9.13. The third kappa shape index (κ3) is 3.32. The maximum atomic E-state index is 6.03. The molecule has 0 aliphatic carbocycles. The van der Waals surface area contributed by atoms with E-state index < -0.39 is 0 Å². The van der Waals surface area contributed by atoms with Crippen LogP contribution in [0.1, 0.15) is 0 Å². The van der Waals surface area contributed by atoms with E-state index in [1.54, 1.807) is 0 Å². The second-order valence-corrected chi connectivity index (χ2v) is 6.63. The number of benzene rings is 2. The van der Waals surface area contributed by atoms with Crippen molar-refractivity contribution in [3.05, 3.63) is 79.5 Å². The maximum absolute atomic E-state index is 6.03. The average molecular weight is 370 g/mol. The van der Waals surface area contributed by atoms with Gasteiger partial charge in [0.05, 0.1) is 12.2 Å². The van der Waals surface area contributed by atoms with Crippen molar-refractivity contribution >= 4 is 0 Å². The summed E-state index contributed by atoms with van der Waals surface area (Å²) in [6.07, 6.45) is 7.05. The molecule has 0 fully saturated rings. The van der Waals surface area contributed by atoms with E-state index in [9.17, 15) is 0 Å². The molecule has 5 rings (SSSR count). The van der Waals surface area contributed by atoms with Crippen LogP contribution in [0.25, 0.3) is 22.4 Å². The Kier molecular flexibility index (Phi) is 4.21. The molecule has 2 aromatic carbocycles. The van der Waals surface area contributed by atoms with E-state index in [2.05, 4.69) is 22.1 Å². The van der Waals surface area contributed by atoms with Crippen LogP contribution >= 0.6 is 0 Å². The zero-order valence-electron chi connectivity index (χ0n) is 15.1. The number of hydrogen-bond donors (Lipinski definition) is 0. The van der Waals surface area contributed by atoms with Crippen molar-refractivity contribution in [1.82, 2.24) is 19.7 Å². The number of rotatable bonds is 4. The van der Waals surface area contributed by atoms with Gasteiger partial charge in [0.25, 0.3) is 0 Å². The summed E-state index contributed by atoms with van der Waals surface area (Å²) in [6, 6.07) is 18.0. The van der Waals surface area contributed by atoms with Crippen molar-refractivity contribution in [3.63, 3.8) is 0 Å². The molecule has 0 N–H and O–H groups in total. The maximum Gasteiger partial charge on any atom is 0.161 e. The van der Waals surface area contributed by atoms with Crippen molar-refractivity contribution in [2.75, 3.05) is 6.61 Å². The molecule has 1 atom stereocenters. The van der Waals surface area contributed by atoms with E-state index in [0.29, 0.717) is 13.2 Å². The predicted molar refractivity (Wildman–Crippen MR) is 105 cm³/mol. The van der Waals surface area contributed by atoms with Crippen LogP contribution in [0.2, 0.25) is 0 Å². The fourth-order valence-corrected chi connectivity index (χ4v) is 3.29. The topological polar surface area (TPSA) is 62.1 Å². The molecule has 0 saturated carbocycles. The van der Waals surface area contributed by atoms with Crippen LogP contribution < -0.4 is 9.47 Å². The summed E-state index contributed by atoms with van der Waals surface area (Å²) < 4.78 is 13.7. The Balaban J connectivity index is 1.33. The molecule has 0 saturated heterocycles. The van der Waals surface area contributed by atoms with Crippen LogP contribution in [0.5, 0.6) is 11.5 Å². The van der Waals surface area contributed by atoms with Crippen LogP contribution in [-0.4, -0.2) is 32.5 Å². The minimum Gasteiger partial charge on any atom is -0.486 e. The molecular formula is C22H18N4O2. The third-order valence-corrected chi connectivity index (χ3v) is 4.65. The lowest BCUT2D eigenvalue weighted by atomic mass is 10.0. The molecule has 0 unspecified atom stereocenters. The van der Waals surface area contributed by atoms with Crippen LogP contribution in [0.15, 0.2) is 79.5 Å². The Labute approximate surface area is 162 Å². The summed E-state index contributed by atoms with van der Waals surface area (Å²) in [7, 11) is 0. The molecule has 2 aromatic heterocycles. The van der Waals surface area contributed by atoms with E-state index in [1.165, 1.54) is 6.33 Å². The molecule has 0 radical (unpaired) electrons. The highest BCUT2D eigenvalue weighted by Gasteiger charge is 2.21. The van der Waals surface area contributed by atoms with E-state index in [0.717, 1.165) is 33.9 Å². The molecule has 6 nitrogen and oxygen atoms in total. The monoisotopic (exact) mass is 370 g/mol. The molecule has 1 aliphatic heterocycles. The lowest BCUT2D eigenvalue weighted by Gasteiger charge is -2.26. The summed E-state index contributed by atoms with van der Waals surface area (Å²) in [5, 5.41) is 4.72. The minimum absolute atomic E-state index is 0.0737. The minimum atomic E-state index is -0.0737. The zero-order valence-corrected chi connectivity index (χ0v) is 15.1. The largest absolute Gasteiger partial charge is 0.486 e. The lowest BCUT2D eigenvalue weighted by Crippen LogP contribution is -2.33. The number of aromatic nitrogens is 4. The van der Waals surface area contributed by atoms with Gasteiger partial charge in [0.1, 0.15) is 12.9 Å². The van der Waals surface area contributed by atoms with E-state index in [1.807, 2.05) is 65.7 Å². The highest BCUT2D eigenvalue weighted by atomic mass is 16.6. The zero-order chi connectivity index (χ0) is 18.8. The van der Waals surface area contributed by atoms with Gasteiger partial charge in [-0.25, -0.2) is 9.97 Å². The first kappa shape index (κ1) is 16.5. The van der Waals surface area contributed by atoms with Gasteiger partial charge in [-0.2, -0.15) is 5.10 Å². The van der Waals surface area contributed by atoms with Gasteiger partial charge in [-0.1, -0.05) is 30.3 Å². The molecule has 0 bridgehead atoms. The second-order valence-electron chi connectivity index (χ2n) is 6.63. The average Bonchev–Trinajstić information content (AvgIpc) is 3.23. The van der Waals surface area contributed by atoms with Crippen LogP contribution in [0.3, 0.4) is 0 Å². The normalized spacial score (nSPS) is 15.4. The van der Waals surface area contributed by atoms with Gasteiger partial charge in [0.2, 0.25) is 0 Å². The Morgan fingerprint density at radius 2 is 1.71 bits per heavy atom. The van der Waals surface area contributed by atoms with Crippen LogP contribution in [0, 0.1) is 0 Å². The molecule has 4 aromatic rings. The number of para-hydroxylation sites is 2. The Morgan fingerprint density at radius 1 is 0.893 bits per heavy atom. The SMILES string of the molecule is c1cc(-c2cncnc2)cc(-c2ccn(C[C@@H]3COc4ccccc4O3)n2)c1. The Hall–Kier alpha value is -3.67. The van der Waals surface area contributed by atoms with Crippen LogP contribution in [0.4, 0.5) is 0 Å². The summed E-state index contributed by atoms with van der Waals surface area (Å²) in [4.78, 5) is 8.18. The molecule has 1 aliphatic rings. The van der Waals surface area contributed by atoms with Gasteiger partial charge in [0.15, 0.2) is 17.6 Å². The lowest BCUT2D eigenvalue weighted by molar-refractivity contribution is 0.0759. The summed E-state index contributed by atoms with van der Waals surface area (Å²) in [5.74, 6) is 1.57. The fourth-order valence-electron chi connectivity index (χ4n) is 3.29. The number of ether oxygens (including phenoxy) is 2. The Bertz CT molecular complexity index is 1090. The molecule has 28 heavy (non-hydrogen) atoms. The van der Waals surface area contributed by atoms with Crippen molar-refractivity contribution in [1.29, 1.82) is 0 Å². The van der Waals surface area contributed by atoms with Gasteiger partial charge >= 0.3 is 0 Å². The molecular weight excluding hydrogens is 352 g/mol. The van der Waals surface area contributed by atoms with Gasteiger partial charge in [-0.05, 0) is 29.8 Å². The number of fused-ring (bicyclic) bond motifs is 1. The highest BCUT2D eigenvalue weighted by molar-refractivity contribution is 5.70. The highest BCUT2D eigenvalue weighted by Crippen LogP contribution is 2.31. The van der Waals surface area contributed by atoms with Crippen molar-refractivity contribution in [3.8, 4) is 33.9 Å². The molecule has 3 heterocycles. The fraction of sp³-hybridized carbons (Fsp3) is 0.136. The Morgan fingerprint density at radius 3 is 2.61 bits per heavy atom. The van der Waals surface area contributed by atoms with E-state index in [-0.39, 0.29) is 6.10 Å². The van der Waals surface area contributed by atoms with Gasteiger partial charge < -0.3 is 9.47 Å². The smallest absolute Gasteiger partial charge is 0.161 e. The number of hydrogen-bond acceptors (Lipinski definition) is 5. The molecule has 0 spiro atoms. The van der Waals surface area contributed by atoms with Crippen LogP contribution in [-0.2, 0) is 6.54 Å². The van der Waals surface area contributed by atoms with Gasteiger partial charge in [-0.3, -0.25) is 4.68 Å². The van der Waals surface area contributed by atoms with Crippen molar-refractivity contribution < 1.29 is 9.47 Å². The second kappa shape index (κ2) is 7.15. The van der Waals surface area contributed by atoms with Gasteiger partial charge in [0, 0.05) is 29.7 Å². The predicted octanol–water partition coefficient (Wildman–Crippen LogP) is 3.85. The summed E-state index contributed by atoms with van der Waals surface area (Å²) in [6.45, 7) is 1.14. The summed E-state index contributed by atoms with van der Waals surface area (Å²) in [5.41, 5.74) is 4.01. The third-order valence-electron chi connectivity index (χ3n) is 4.65. The molecule has 138 valence electrons. The first-order chi connectivity index (χ1) is 13.8. The quantitative estimate of drug-likeness (QED) is 0.546.